The van der Waals surface area contributed by atoms with Crippen molar-refractivity contribution < 1.29 is 23.9 Å². The Morgan fingerprint density at radius 2 is 2.16 bits per heavy atom. The highest BCUT2D eigenvalue weighted by Crippen LogP contribution is 2.26. The maximum Gasteiger partial charge on any atom is 0.416 e. The van der Waals surface area contributed by atoms with Gasteiger partial charge in [0.25, 0.3) is 0 Å². The third kappa shape index (κ3) is 2.50. The Kier molecular flexibility index (Phi) is 3.92. The molecule has 2 saturated heterocycles. The molecule has 0 radical (unpaired) electrons. The second-order valence-corrected chi connectivity index (χ2v) is 4.77. The van der Waals surface area contributed by atoms with E-state index in [1.165, 1.54) is 7.11 Å². The van der Waals surface area contributed by atoms with Crippen molar-refractivity contribution in [2.75, 3.05) is 26.8 Å². The molecular weight excluding hydrogens is 252 g/mol. The standard InChI is InChI=1S/C12H18N2O5/c1-8(10(15)14-6-7-19-12(14)17)9-4-3-5-13(9)11(16)18-2/h8-9H,3-7H2,1-2H3/t8-,9+/m0/s1. The summed E-state index contributed by atoms with van der Waals surface area (Å²) in [6, 6.07) is -0.214. The minimum Gasteiger partial charge on any atom is -0.453 e. The van der Waals surface area contributed by atoms with Gasteiger partial charge in [-0.1, -0.05) is 6.92 Å². The van der Waals surface area contributed by atoms with E-state index in [0.717, 1.165) is 17.7 Å². The second kappa shape index (κ2) is 5.46. The predicted octanol–water partition coefficient (Wildman–Crippen LogP) is 0.832. The van der Waals surface area contributed by atoms with E-state index in [1.807, 2.05) is 0 Å². The molecule has 19 heavy (non-hydrogen) atoms. The summed E-state index contributed by atoms with van der Waals surface area (Å²) < 4.78 is 9.47. The van der Waals surface area contributed by atoms with E-state index in [0.29, 0.717) is 6.54 Å². The van der Waals surface area contributed by atoms with Crippen molar-refractivity contribution >= 4 is 18.1 Å². The number of carbonyl (C=O) groups is 3. The number of amides is 3. The largest absolute Gasteiger partial charge is 0.453 e. The van der Waals surface area contributed by atoms with Crippen LogP contribution in [0.1, 0.15) is 19.8 Å². The van der Waals surface area contributed by atoms with Gasteiger partial charge in [0.05, 0.1) is 19.6 Å². The quantitative estimate of drug-likeness (QED) is 0.743. The van der Waals surface area contributed by atoms with Crippen LogP contribution in [0, 0.1) is 5.92 Å². The normalized spacial score (nSPS) is 24.3. The molecule has 2 rings (SSSR count). The highest BCUT2D eigenvalue weighted by Gasteiger charge is 2.40. The summed E-state index contributed by atoms with van der Waals surface area (Å²) in [5.41, 5.74) is 0. The van der Waals surface area contributed by atoms with Gasteiger partial charge in [0.15, 0.2) is 0 Å². The molecule has 0 saturated carbocycles. The van der Waals surface area contributed by atoms with Crippen molar-refractivity contribution in [3.63, 3.8) is 0 Å². The SMILES string of the molecule is COC(=O)N1CCC[C@@H]1[C@H](C)C(=O)N1CCOC1=O. The highest BCUT2D eigenvalue weighted by molar-refractivity contribution is 5.94. The van der Waals surface area contributed by atoms with Crippen LogP contribution in [0.2, 0.25) is 0 Å². The first-order valence-corrected chi connectivity index (χ1v) is 6.39. The van der Waals surface area contributed by atoms with Gasteiger partial charge in [-0.05, 0) is 12.8 Å². The summed E-state index contributed by atoms with van der Waals surface area (Å²) in [5, 5.41) is 0. The second-order valence-electron chi connectivity index (χ2n) is 4.77. The van der Waals surface area contributed by atoms with Crippen molar-refractivity contribution in [2.24, 2.45) is 5.92 Å². The summed E-state index contributed by atoms with van der Waals surface area (Å²) in [6.07, 6.45) is 0.554. The van der Waals surface area contributed by atoms with Crippen LogP contribution in [0.25, 0.3) is 0 Å². The van der Waals surface area contributed by atoms with E-state index in [1.54, 1.807) is 11.8 Å². The molecule has 0 spiro atoms. The molecule has 7 heteroatoms. The van der Waals surface area contributed by atoms with Crippen LogP contribution in [-0.2, 0) is 14.3 Å². The Bertz CT molecular complexity index is 398. The van der Waals surface area contributed by atoms with Crippen LogP contribution in [-0.4, -0.2) is 60.7 Å². The van der Waals surface area contributed by atoms with Gasteiger partial charge in [-0.2, -0.15) is 0 Å². The monoisotopic (exact) mass is 270 g/mol. The first kappa shape index (κ1) is 13.6. The lowest BCUT2D eigenvalue weighted by atomic mass is 9.98. The van der Waals surface area contributed by atoms with Gasteiger partial charge in [0.1, 0.15) is 6.61 Å². The van der Waals surface area contributed by atoms with Gasteiger partial charge in [0, 0.05) is 12.6 Å². The summed E-state index contributed by atoms with van der Waals surface area (Å²) in [6.45, 7) is 2.84. The molecule has 0 N–H and O–H groups in total. The van der Waals surface area contributed by atoms with Gasteiger partial charge in [-0.3, -0.25) is 4.79 Å². The first-order valence-electron chi connectivity index (χ1n) is 6.39. The fraction of sp³-hybridized carbons (Fsp3) is 0.750. The Morgan fingerprint density at radius 1 is 1.42 bits per heavy atom. The number of nitrogens with zero attached hydrogens (tertiary/aromatic N) is 2. The Labute approximate surface area is 111 Å². The average Bonchev–Trinajstić information content (AvgIpc) is 3.04. The summed E-state index contributed by atoms with van der Waals surface area (Å²) in [7, 11) is 1.32. The molecule has 0 aliphatic carbocycles. The first-order chi connectivity index (χ1) is 9.06. The van der Waals surface area contributed by atoms with Crippen molar-refractivity contribution in [3.8, 4) is 0 Å². The minimum atomic E-state index is -0.598. The van der Waals surface area contributed by atoms with E-state index >= 15 is 0 Å². The van der Waals surface area contributed by atoms with Crippen LogP contribution in [0.4, 0.5) is 9.59 Å². The molecule has 2 fully saturated rings. The third-order valence-corrected chi connectivity index (χ3v) is 3.70. The van der Waals surface area contributed by atoms with E-state index in [2.05, 4.69) is 0 Å². The molecule has 7 nitrogen and oxygen atoms in total. The van der Waals surface area contributed by atoms with Crippen LogP contribution in [0.3, 0.4) is 0 Å². The number of imide groups is 1. The number of hydrogen-bond acceptors (Lipinski definition) is 5. The van der Waals surface area contributed by atoms with Gasteiger partial charge >= 0.3 is 12.2 Å². The maximum atomic E-state index is 12.2. The van der Waals surface area contributed by atoms with Gasteiger partial charge in [-0.25, -0.2) is 14.5 Å². The molecule has 0 aromatic rings. The lowest BCUT2D eigenvalue weighted by Gasteiger charge is -2.29. The summed E-state index contributed by atoms with van der Waals surface area (Å²) >= 11 is 0. The smallest absolute Gasteiger partial charge is 0.416 e. The molecule has 106 valence electrons. The Hall–Kier alpha value is -1.79. The number of cyclic esters (lactones) is 1. The molecule has 2 heterocycles. The number of rotatable bonds is 2. The van der Waals surface area contributed by atoms with Crippen molar-refractivity contribution in [1.29, 1.82) is 0 Å². The van der Waals surface area contributed by atoms with Crippen molar-refractivity contribution in [3.05, 3.63) is 0 Å². The van der Waals surface area contributed by atoms with Crippen LogP contribution < -0.4 is 0 Å². The molecule has 2 aliphatic rings. The zero-order chi connectivity index (χ0) is 14.0. The fourth-order valence-electron chi connectivity index (χ4n) is 2.66. The average molecular weight is 270 g/mol. The molecule has 0 aromatic carbocycles. The van der Waals surface area contributed by atoms with Gasteiger partial charge < -0.3 is 14.4 Å². The maximum absolute atomic E-state index is 12.2. The molecule has 0 unspecified atom stereocenters. The topological polar surface area (TPSA) is 76.2 Å². The van der Waals surface area contributed by atoms with E-state index in [4.69, 9.17) is 9.47 Å². The van der Waals surface area contributed by atoms with Gasteiger partial charge in [-0.15, -0.1) is 0 Å². The lowest BCUT2D eigenvalue weighted by Crippen LogP contribution is -2.46. The van der Waals surface area contributed by atoms with E-state index in [9.17, 15) is 14.4 Å². The molecule has 0 bridgehead atoms. The van der Waals surface area contributed by atoms with E-state index < -0.39 is 18.1 Å². The van der Waals surface area contributed by atoms with Crippen LogP contribution in [0.15, 0.2) is 0 Å². The zero-order valence-electron chi connectivity index (χ0n) is 11.1. The zero-order valence-corrected chi connectivity index (χ0v) is 11.1. The molecule has 0 aromatic heterocycles. The van der Waals surface area contributed by atoms with E-state index in [-0.39, 0.29) is 25.1 Å². The third-order valence-electron chi connectivity index (χ3n) is 3.70. The number of likely N-dealkylation sites (tertiary alicyclic amines) is 1. The van der Waals surface area contributed by atoms with Crippen LogP contribution in [0.5, 0.6) is 0 Å². The molecule has 3 amide bonds. The Morgan fingerprint density at radius 3 is 2.74 bits per heavy atom. The fourth-order valence-corrected chi connectivity index (χ4v) is 2.66. The van der Waals surface area contributed by atoms with Crippen molar-refractivity contribution in [1.82, 2.24) is 9.80 Å². The number of methoxy groups -OCH3 is 1. The molecule has 2 atom stereocenters. The molecular formula is C12H18N2O5. The number of ether oxygens (including phenoxy) is 2. The predicted molar refractivity (Wildman–Crippen MR) is 64.4 cm³/mol. The summed E-state index contributed by atoms with van der Waals surface area (Å²) in [5.74, 6) is -0.726. The summed E-state index contributed by atoms with van der Waals surface area (Å²) in [4.78, 5) is 37.9. The number of hydrogen-bond donors (Lipinski definition) is 0. The molecule has 2 aliphatic heterocycles. The lowest BCUT2D eigenvalue weighted by molar-refractivity contribution is -0.133. The Balaban J connectivity index is 2.05. The van der Waals surface area contributed by atoms with Crippen molar-refractivity contribution in [2.45, 2.75) is 25.8 Å². The highest BCUT2D eigenvalue weighted by atomic mass is 16.6. The number of carbonyl (C=O) groups excluding carboxylic acids is 3. The minimum absolute atomic E-state index is 0.214. The van der Waals surface area contributed by atoms with Gasteiger partial charge in [0.2, 0.25) is 5.91 Å². The van der Waals surface area contributed by atoms with Crippen LogP contribution >= 0.6 is 0 Å².